The molecule has 0 spiro atoms. The van der Waals surface area contributed by atoms with Gasteiger partial charge < -0.3 is 23.6 Å². The number of hydrogen-bond acceptors (Lipinski definition) is 7. The first-order valence-electron chi connectivity index (χ1n) is 7.58. The molecule has 0 unspecified atom stereocenters. The molecule has 0 heterocycles. The summed E-state index contributed by atoms with van der Waals surface area (Å²) >= 11 is 0. The average molecular weight is 335 g/mol. The maximum Gasteiger partial charge on any atom is 0.334 e. The second-order valence-corrected chi connectivity index (χ2v) is 8.50. The fourth-order valence-corrected chi connectivity index (χ4v) is 3.24. The van der Waals surface area contributed by atoms with Crippen LogP contribution in [0.3, 0.4) is 0 Å². The van der Waals surface area contributed by atoms with Crippen LogP contribution in [0.2, 0.25) is 12.6 Å². The molecule has 0 radical (unpaired) electrons. The highest BCUT2D eigenvalue weighted by Crippen LogP contribution is 2.13. The minimum Gasteiger partial charge on any atom is -0.466 e. The minimum absolute atomic E-state index is 0.0318. The van der Waals surface area contributed by atoms with Gasteiger partial charge in [-0.25, -0.2) is 0 Å². The summed E-state index contributed by atoms with van der Waals surface area (Å²) in [5.41, 5.74) is 0. The molecule has 8 heteroatoms. The van der Waals surface area contributed by atoms with E-state index in [9.17, 15) is 9.59 Å². The Morgan fingerprint density at radius 3 is 2.18 bits per heavy atom. The van der Waals surface area contributed by atoms with Crippen molar-refractivity contribution in [2.45, 2.75) is 45.3 Å². The summed E-state index contributed by atoms with van der Waals surface area (Å²) in [6, 6.07) is 0.110. The minimum atomic E-state index is -2.10. The van der Waals surface area contributed by atoms with Crippen molar-refractivity contribution in [2.24, 2.45) is 0 Å². The van der Waals surface area contributed by atoms with Crippen molar-refractivity contribution in [1.82, 2.24) is 5.32 Å². The van der Waals surface area contributed by atoms with Crippen LogP contribution in [-0.4, -0.2) is 60.5 Å². The summed E-state index contributed by atoms with van der Waals surface area (Å²) in [7, 11) is 1.18. The van der Waals surface area contributed by atoms with Gasteiger partial charge in [-0.1, -0.05) is 0 Å². The van der Waals surface area contributed by atoms with Crippen LogP contribution in [0.1, 0.15) is 26.7 Å². The van der Waals surface area contributed by atoms with E-state index < -0.39 is 26.5 Å². The van der Waals surface area contributed by atoms with Gasteiger partial charge in [0.2, 0.25) is 0 Å². The van der Waals surface area contributed by atoms with Gasteiger partial charge in [-0.15, -0.1) is 0 Å². The molecule has 0 rings (SSSR count). The fraction of sp³-hybridized carbons (Fsp3) is 0.857. The molecule has 1 N–H and O–H groups in total. The van der Waals surface area contributed by atoms with Crippen molar-refractivity contribution in [3.8, 4) is 0 Å². The van der Waals surface area contributed by atoms with Crippen LogP contribution in [0.4, 0.5) is 0 Å². The smallest absolute Gasteiger partial charge is 0.334 e. The van der Waals surface area contributed by atoms with Gasteiger partial charge in [0.25, 0.3) is 0 Å². The Morgan fingerprint density at radius 2 is 1.68 bits per heavy atom. The van der Waals surface area contributed by atoms with Crippen molar-refractivity contribution in [3.05, 3.63) is 0 Å². The zero-order chi connectivity index (χ0) is 17.0. The Kier molecular flexibility index (Phi) is 11.1. The Balaban J connectivity index is 4.34. The second-order valence-electron chi connectivity index (χ2n) is 4.91. The van der Waals surface area contributed by atoms with Crippen molar-refractivity contribution in [1.29, 1.82) is 0 Å². The van der Waals surface area contributed by atoms with Crippen LogP contribution >= 0.6 is 0 Å². The van der Waals surface area contributed by atoms with E-state index in [1.165, 1.54) is 0 Å². The molecule has 0 saturated heterocycles. The Labute approximate surface area is 133 Å². The predicted molar refractivity (Wildman–Crippen MR) is 84.7 cm³/mol. The summed E-state index contributed by atoms with van der Waals surface area (Å²) in [6.07, 6.45) is 0.749. The van der Waals surface area contributed by atoms with E-state index in [4.69, 9.17) is 18.3 Å². The molecule has 130 valence electrons. The second kappa shape index (κ2) is 11.6. The molecule has 1 atom stereocenters. The summed E-state index contributed by atoms with van der Waals surface area (Å²) in [5, 5.41) is 3.05. The van der Waals surface area contributed by atoms with Crippen LogP contribution in [0.25, 0.3) is 0 Å². The third-order valence-electron chi connectivity index (χ3n) is 3.31. The summed E-state index contributed by atoms with van der Waals surface area (Å²) in [4.78, 5) is 23.4. The normalized spacial score (nSPS) is 12.8. The molecule has 0 aliphatic carbocycles. The standard InChI is InChI=1S/C14H29NO6Si/c1-6-20-13(16)11-12(14(17)21-7-2)15-9-8-10-22(5,18-3)19-4/h12,15H,6-11H2,1-5H3/t12-/m0/s1. The molecule has 22 heavy (non-hydrogen) atoms. The van der Waals surface area contributed by atoms with Gasteiger partial charge in [0.05, 0.1) is 19.6 Å². The average Bonchev–Trinajstić information content (AvgIpc) is 2.50. The highest BCUT2D eigenvalue weighted by molar-refractivity contribution is 6.65. The first-order valence-corrected chi connectivity index (χ1v) is 10.1. The summed E-state index contributed by atoms with van der Waals surface area (Å²) in [6.45, 7) is 6.57. The van der Waals surface area contributed by atoms with Gasteiger partial charge >= 0.3 is 20.5 Å². The monoisotopic (exact) mass is 335 g/mol. The quantitative estimate of drug-likeness (QED) is 0.326. The molecule has 0 aliphatic heterocycles. The van der Waals surface area contributed by atoms with E-state index in [0.717, 1.165) is 12.5 Å². The molecule has 0 saturated carbocycles. The van der Waals surface area contributed by atoms with Crippen molar-refractivity contribution < 1.29 is 27.9 Å². The number of hydrogen-bond donors (Lipinski definition) is 1. The molecular weight excluding hydrogens is 306 g/mol. The number of esters is 2. The first-order chi connectivity index (χ1) is 10.4. The third kappa shape index (κ3) is 8.47. The van der Waals surface area contributed by atoms with Gasteiger partial charge in [-0.05, 0) is 39.4 Å². The third-order valence-corrected chi connectivity index (χ3v) is 6.30. The number of carbonyl (C=O) groups excluding carboxylic acids is 2. The summed E-state index contributed by atoms with van der Waals surface area (Å²) in [5.74, 6) is -0.852. The van der Waals surface area contributed by atoms with Crippen LogP contribution in [0.15, 0.2) is 0 Å². The van der Waals surface area contributed by atoms with Gasteiger partial charge in [-0.3, -0.25) is 9.59 Å². The molecule has 0 aromatic heterocycles. The first kappa shape index (κ1) is 21.0. The molecule has 0 aromatic carbocycles. The number of nitrogens with one attached hydrogen (secondary N) is 1. The van der Waals surface area contributed by atoms with Crippen LogP contribution in [-0.2, 0) is 27.9 Å². The highest BCUT2D eigenvalue weighted by Gasteiger charge is 2.28. The van der Waals surface area contributed by atoms with E-state index in [1.54, 1.807) is 28.1 Å². The van der Waals surface area contributed by atoms with Gasteiger partial charge in [0.15, 0.2) is 0 Å². The predicted octanol–water partition coefficient (Wildman–Crippen LogP) is 1.22. The van der Waals surface area contributed by atoms with Gasteiger partial charge in [-0.2, -0.15) is 0 Å². The van der Waals surface area contributed by atoms with Gasteiger partial charge in [0, 0.05) is 14.2 Å². The Morgan fingerprint density at radius 1 is 1.09 bits per heavy atom. The zero-order valence-electron chi connectivity index (χ0n) is 14.3. The number of carbonyl (C=O) groups is 2. The Hall–Kier alpha value is -0.963. The number of rotatable bonds is 12. The van der Waals surface area contributed by atoms with Crippen molar-refractivity contribution in [2.75, 3.05) is 34.0 Å². The zero-order valence-corrected chi connectivity index (χ0v) is 15.3. The lowest BCUT2D eigenvalue weighted by Crippen LogP contribution is -2.42. The lowest BCUT2D eigenvalue weighted by Gasteiger charge is -2.23. The maximum atomic E-state index is 11.9. The largest absolute Gasteiger partial charge is 0.466 e. The molecule has 0 fully saturated rings. The summed E-state index contributed by atoms with van der Waals surface area (Å²) < 4.78 is 20.6. The van der Waals surface area contributed by atoms with E-state index in [0.29, 0.717) is 13.2 Å². The molecule has 0 bridgehead atoms. The van der Waals surface area contributed by atoms with E-state index in [-0.39, 0.29) is 13.0 Å². The fourth-order valence-electron chi connectivity index (χ4n) is 1.84. The Bertz CT molecular complexity index is 335. The number of ether oxygens (including phenoxy) is 2. The SMILES string of the molecule is CCOC(=O)C[C@H](NCCC[Si](C)(OC)OC)C(=O)OCC. The lowest BCUT2D eigenvalue weighted by molar-refractivity contribution is -0.152. The van der Waals surface area contributed by atoms with E-state index in [1.807, 2.05) is 6.55 Å². The molecule has 0 aliphatic rings. The van der Waals surface area contributed by atoms with Gasteiger partial charge in [0.1, 0.15) is 6.04 Å². The van der Waals surface area contributed by atoms with E-state index >= 15 is 0 Å². The van der Waals surface area contributed by atoms with Crippen molar-refractivity contribution >= 4 is 20.5 Å². The lowest BCUT2D eigenvalue weighted by atomic mass is 10.2. The van der Waals surface area contributed by atoms with Crippen LogP contribution < -0.4 is 5.32 Å². The van der Waals surface area contributed by atoms with Crippen LogP contribution in [0, 0.1) is 0 Å². The highest BCUT2D eigenvalue weighted by atomic mass is 28.4. The molecule has 0 amide bonds. The van der Waals surface area contributed by atoms with Crippen molar-refractivity contribution in [3.63, 3.8) is 0 Å². The molecular formula is C14H29NO6Si. The molecule has 7 nitrogen and oxygen atoms in total. The maximum absolute atomic E-state index is 11.9. The topological polar surface area (TPSA) is 83.1 Å². The van der Waals surface area contributed by atoms with Crippen LogP contribution in [0.5, 0.6) is 0 Å². The molecule has 0 aromatic rings. The van der Waals surface area contributed by atoms with E-state index in [2.05, 4.69) is 5.32 Å².